The molecule has 11 heavy (non-hydrogen) atoms. The van der Waals surface area contributed by atoms with Gasteiger partial charge in [-0.3, -0.25) is 0 Å². The van der Waals surface area contributed by atoms with Crippen LogP contribution in [-0.4, -0.2) is 22.9 Å². The zero-order valence-corrected chi connectivity index (χ0v) is 7.41. The molecule has 0 aromatic heterocycles. The number of hydrogen-bond donors (Lipinski definition) is 1. The maximum atomic E-state index is 7.88. The van der Waals surface area contributed by atoms with Crippen molar-refractivity contribution in [2.75, 3.05) is 6.54 Å². The Morgan fingerprint density at radius 1 is 1.45 bits per heavy atom. The molecule has 1 heterocycles. The van der Waals surface area contributed by atoms with E-state index in [-0.39, 0.29) is 0 Å². The second kappa shape index (κ2) is 6.54. The lowest BCUT2D eigenvalue weighted by molar-refractivity contribution is -0.567. The highest BCUT2D eigenvalue weighted by atomic mass is 17.5. The summed E-state index contributed by atoms with van der Waals surface area (Å²) < 4.78 is 0. The normalized spacial score (nSPS) is 24.5. The minimum absolute atomic E-state index is 0.358. The number of hydrogen-bond acceptors (Lipinski definition) is 4. The number of rotatable bonds is 2. The monoisotopic (exact) mass is 163 g/mol. The van der Waals surface area contributed by atoms with Crippen molar-refractivity contribution in [1.82, 2.24) is 5.06 Å². The fourth-order valence-corrected chi connectivity index (χ4v) is 1.06. The van der Waals surface area contributed by atoms with E-state index in [2.05, 4.69) is 10.0 Å². The van der Waals surface area contributed by atoms with Gasteiger partial charge in [-0.1, -0.05) is 18.9 Å². The standard InChI is InChI=1S/C5H11NO3.C2H6/c1-5-3-2-4-6(5)8-9-7;1-2/h5,7H,2-4H2,1H3;1-2H3. The maximum absolute atomic E-state index is 7.88. The fourth-order valence-electron chi connectivity index (χ4n) is 1.06. The zero-order valence-electron chi connectivity index (χ0n) is 7.41. The largest absolute Gasteiger partial charge is 0.220 e. The van der Waals surface area contributed by atoms with E-state index < -0.39 is 0 Å². The molecule has 0 aromatic carbocycles. The SMILES string of the molecule is CC.CC1CCCN1OOO. The van der Waals surface area contributed by atoms with Gasteiger partial charge in [-0.15, -0.1) is 4.99 Å². The zero-order chi connectivity index (χ0) is 8.69. The lowest BCUT2D eigenvalue weighted by atomic mass is 10.3. The van der Waals surface area contributed by atoms with Crippen LogP contribution in [0, 0.1) is 0 Å². The van der Waals surface area contributed by atoms with Crippen LogP contribution in [0.4, 0.5) is 0 Å². The van der Waals surface area contributed by atoms with E-state index in [1.165, 1.54) is 0 Å². The maximum Gasteiger partial charge on any atom is 0.0356 e. The van der Waals surface area contributed by atoms with Crippen LogP contribution >= 0.6 is 0 Å². The lowest BCUT2D eigenvalue weighted by Crippen LogP contribution is -2.26. The van der Waals surface area contributed by atoms with Gasteiger partial charge in [0.2, 0.25) is 0 Å². The minimum atomic E-state index is 0.358. The summed E-state index contributed by atoms with van der Waals surface area (Å²) in [5, 5.41) is 13.0. The van der Waals surface area contributed by atoms with Gasteiger partial charge in [-0.25, -0.2) is 5.26 Å². The third-order valence-corrected chi connectivity index (χ3v) is 1.62. The molecular weight excluding hydrogens is 146 g/mol. The summed E-state index contributed by atoms with van der Waals surface area (Å²) in [5.74, 6) is 0. The molecular formula is C7H17NO3. The summed E-state index contributed by atoms with van der Waals surface area (Å²) >= 11 is 0. The molecule has 0 amide bonds. The van der Waals surface area contributed by atoms with Crippen molar-refractivity contribution in [1.29, 1.82) is 0 Å². The Bertz CT molecular complexity index is 89.8. The molecule has 0 aromatic rings. The molecule has 1 N–H and O–H groups in total. The molecule has 1 unspecified atom stereocenters. The first-order chi connectivity index (χ1) is 5.34. The van der Waals surface area contributed by atoms with E-state index in [0.29, 0.717) is 6.04 Å². The number of hydroxylamine groups is 2. The predicted octanol–water partition coefficient (Wildman–Crippen LogP) is 1.83. The molecule has 0 saturated carbocycles. The van der Waals surface area contributed by atoms with Crippen LogP contribution in [0.1, 0.15) is 33.6 Å². The predicted molar refractivity (Wildman–Crippen MR) is 41.5 cm³/mol. The molecule has 1 saturated heterocycles. The van der Waals surface area contributed by atoms with Crippen molar-refractivity contribution in [3.8, 4) is 0 Å². The van der Waals surface area contributed by atoms with Gasteiger partial charge < -0.3 is 0 Å². The van der Waals surface area contributed by atoms with E-state index in [1.54, 1.807) is 5.06 Å². The van der Waals surface area contributed by atoms with Gasteiger partial charge >= 0.3 is 0 Å². The van der Waals surface area contributed by atoms with Crippen molar-refractivity contribution in [3.05, 3.63) is 0 Å². The minimum Gasteiger partial charge on any atom is -0.220 e. The molecule has 1 atom stereocenters. The Morgan fingerprint density at radius 2 is 2.09 bits per heavy atom. The van der Waals surface area contributed by atoms with Crippen LogP contribution in [0.15, 0.2) is 0 Å². The third-order valence-electron chi connectivity index (χ3n) is 1.62. The van der Waals surface area contributed by atoms with Crippen molar-refractivity contribution in [2.45, 2.75) is 39.7 Å². The summed E-state index contributed by atoms with van der Waals surface area (Å²) in [7, 11) is 0. The van der Waals surface area contributed by atoms with Gasteiger partial charge in [0.25, 0.3) is 0 Å². The average Bonchev–Trinajstić information content (AvgIpc) is 2.42. The summed E-state index contributed by atoms with van der Waals surface area (Å²) in [6.07, 6.45) is 2.20. The molecule has 68 valence electrons. The van der Waals surface area contributed by atoms with E-state index in [9.17, 15) is 0 Å². The average molecular weight is 163 g/mol. The Labute approximate surface area is 67.5 Å². The Morgan fingerprint density at radius 3 is 2.45 bits per heavy atom. The molecule has 1 fully saturated rings. The van der Waals surface area contributed by atoms with Crippen LogP contribution in [0.5, 0.6) is 0 Å². The van der Waals surface area contributed by atoms with Crippen LogP contribution < -0.4 is 0 Å². The first-order valence-electron chi connectivity index (χ1n) is 4.09. The fraction of sp³-hybridized carbons (Fsp3) is 1.00. The molecule has 4 heteroatoms. The van der Waals surface area contributed by atoms with Gasteiger partial charge in [0.15, 0.2) is 0 Å². The van der Waals surface area contributed by atoms with E-state index >= 15 is 0 Å². The van der Waals surface area contributed by atoms with Gasteiger partial charge in [-0.05, 0) is 19.8 Å². The van der Waals surface area contributed by atoms with Crippen molar-refractivity contribution in [2.24, 2.45) is 0 Å². The van der Waals surface area contributed by atoms with Crippen LogP contribution in [0.2, 0.25) is 0 Å². The molecule has 0 aliphatic carbocycles. The van der Waals surface area contributed by atoms with Crippen LogP contribution in [0.3, 0.4) is 0 Å². The van der Waals surface area contributed by atoms with E-state index in [0.717, 1.165) is 19.4 Å². The molecule has 0 bridgehead atoms. The van der Waals surface area contributed by atoms with Crippen molar-refractivity contribution in [3.63, 3.8) is 0 Å². The second-order valence-electron chi connectivity index (χ2n) is 2.28. The van der Waals surface area contributed by atoms with Gasteiger partial charge in [-0.2, -0.15) is 5.06 Å². The van der Waals surface area contributed by atoms with Gasteiger partial charge in [0.1, 0.15) is 0 Å². The smallest absolute Gasteiger partial charge is 0.0356 e. The molecule has 1 aliphatic rings. The highest BCUT2D eigenvalue weighted by Crippen LogP contribution is 2.15. The summed E-state index contributed by atoms with van der Waals surface area (Å²) in [5.41, 5.74) is 0. The summed E-state index contributed by atoms with van der Waals surface area (Å²) in [4.78, 5) is 4.40. The summed E-state index contributed by atoms with van der Waals surface area (Å²) in [6, 6.07) is 0.358. The van der Waals surface area contributed by atoms with Gasteiger partial charge in [0.05, 0.1) is 0 Å². The quantitative estimate of drug-likeness (QED) is 0.498. The second-order valence-corrected chi connectivity index (χ2v) is 2.28. The lowest BCUT2D eigenvalue weighted by Gasteiger charge is -2.14. The number of nitrogens with zero attached hydrogens (tertiary/aromatic N) is 1. The van der Waals surface area contributed by atoms with Gasteiger partial charge in [0, 0.05) is 12.6 Å². The van der Waals surface area contributed by atoms with E-state index in [4.69, 9.17) is 5.26 Å². The molecule has 1 rings (SSSR count). The topological polar surface area (TPSA) is 41.9 Å². The Hall–Kier alpha value is -0.160. The molecule has 4 nitrogen and oxygen atoms in total. The first kappa shape index (κ1) is 10.8. The molecule has 0 spiro atoms. The molecule has 1 aliphatic heterocycles. The van der Waals surface area contributed by atoms with Crippen LogP contribution in [-0.2, 0) is 10.0 Å². The van der Waals surface area contributed by atoms with Crippen molar-refractivity contribution >= 4 is 0 Å². The van der Waals surface area contributed by atoms with Crippen LogP contribution in [0.25, 0.3) is 0 Å². The van der Waals surface area contributed by atoms with Crippen molar-refractivity contribution < 1.29 is 15.3 Å². The highest BCUT2D eigenvalue weighted by Gasteiger charge is 2.21. The highest BCUT2D eigenvalue weighted by molar-refractivity contribution is 4.67. The third kappa shape index (κ3) is 3.67. The summed E-state index contributed by atoms with van der Waals surface area (Å²) in [6.45, 7) is 6.85. The van der Waals surface area contributed by atoms with E-state index in [1.807, 2.05) is 20.8 Å². The molecule has 0 radical (unpaired) electrons. The Kier molecular flexibility index (Phi) is 6.45. The Balaban J connectivity index is 0.000000461. The first-order valence-corrected chi connectivity index (χ1v) is 4.09.